The monoisotopic (exact) mass is 426 g/mol. The first-order chi connectivity index (χ1) is 14.0. The number of hydrogen-bond donors (Lipinski definition) is 2. The second kappa shape index (κ2) is 6.93. The smallest absolute Gasteiger partial charge is 0.270 e. The first-order valence-electron chi connectivity index (χ1n) is 9.37. The number of nitrogens with two attached hydrogens (primary N) is 1. The SMILES string of the molecule is Cc1nc(C(=O)NC2CC2)ccc1Oc1sc(C(N)=O)c2c1-c1sncc1CC2. The molecule has 0 radical (unpaired) electrons. The third-order valence-corrected chi connectivity index (χ3v) is 7.08. The number of carbonyl (C=O) groups excluding carboxylic acids is 2. The summed E-state index contributed by atoms with van der Waals surface area (Å²) in [4.78, 5) is 30.2. The highest BCUT2D eigenvalue weighted by Crippen LogP contribution is 2.50. The van der Waals surface area contributed by atoms with Crippen LogP contribution in [0.1, 0.15) is 49.8 Å². The molecule has 29 heavy (non-hydrogen) atoms. The first-order valence-corrected chi connectivity index (χ1v) is 11.0. The number of aryl methyl sites for hydroxylation is 2. The molecular formula is C20H18N4O3S2. The van der Waals surface area contributed by atoms with Crippen LogP contribution in [-0.4, -0.2) is 27.2 Å². The van der Waals surface area contributed by atoms with Gasteiger partial charge in [0.25, 0.3) is 11.8 Å². The molecule has 5 rings (SSSR count). The van der Waals surface area contributed by atoms with Crippen LogP contribution in [0.15, 0.2) is 18.3 Å². The van der Waals surface area contributed by atoms with Gasteiger partial charge in [0.2, 0.25) is 0 Å². The van der Waals surface area contributed by atoms with Crippen molar-refractivity contribution in [1.82, 2.24) is 14.7 Å². The first kappa shape index (κ1) is 18.3. The molecule has 3 N–H and O–H groups in total. The number of rotatable bonds is 5. The lowest BCUT2D eigenvalue weighted by atomic mass is 9.93. The van der Waals surface area contributed by atoms with Gasteiger partial charge in [-0.25, -0.2) is 9.36 Å². The highest BCUT2D eigenvalue weighted by atomic mass is 32.1. The van der Waals surface area contributed by atoms with E-state index < -0.39 is 5.91 Å². The molecule has 3 heterocycles. The van der Waals surface area contributed by atoms with Gasteiger partial charge in [-0.15, -0.1) is 0 Å². The van der Waals surface area contributed by atoms with Crippen LogP contribution in [0.3, 0.4) is 0 Å². The number of fused-ring (bicyclic) bond motifs is 3. The fourth-order valence-electron chi connectivity index (χ4n) is 3.45. The fourth-order valence-corrected chi connectivity index (χ4v) is 5.46. The lowest BCUT2D eigenvalue weighted by molar-refractivity contribution is 0.0944. The zero-order chi connectivity index (χ0) is 20.1. The summed E-state index contributed by atoms with van der Waals surface area (Å²) in [6.07, 6.45) is 5.49. The van der Waals surface area contributed by atoms with E-state index in [4.69, 9.17) is 10.5 Å². The predicted octanol–water partition coefficient (Wildman–Crippen LogP) is 3.46. The zero-order valence-corrected chi connectivity index (χ0v) is 17.3. The van der Waals surface area contributed by atoms with Crippen molar-refractivity contribution < 1.29 is 14.3 Å². The second-order valence-corrected chi connectivity index (χ2v) is 9.03. The van der Waals surface area contributed by atoms with E-state index in [1.54, 1.807) is 19.1 Å². The van der Waals surface area contributed by atoms with Gasteiger partial charge in [0.05, 0.1) is 21.0 Å². The molecule has 2 amide bonds. The van der Waals surface area contributed by atoms with Crippen molar-refractivity contribution in [2.45, 2.75) is 38.6 Å². The van der Waals surface area contributed by atoms with Gasteiger partial charge in [-0.1, -0.05) is 11.3 Å². The minimum atomic E-state index is -0.448. The van der Waals surface area contributed by atoms with E-state index in [0.717, 1.165) is 47.3 Å². The number of aromatic nitrogens is 2. The van der Waals surface area contributed by atoms with Gasteiger partial charge < -0.3 is 15.8 Å². The Labute approximate surface area is 175 Å². The molecule has 0 atom stereocenters. The molecule has 0 spiro atoms. The van der Waals surface area contributed by atoms with Gasteiger partial charge in [0.15, 0.2) is 5.06 Å². The molecule has 3 aromatic rings. The van der Waals surface area contributed by atoms with Crippen LogP contribution in [-0.2, 0) is 12.8 Å². The van der Waals surface area contributed by atoms with E-state index in [1.165, 1.54) is 22.9 Å². The van der Waals surface area contributed by atoms with Gasteiger partial charge in [0, 0.05) is 12.2 Å². The van der Waals surface area contributed by atoms with Crippen molar-refractivity contribution in [3.8, 4) is 21.3 Å². The molecule has 148 valence electrons. The number of hydrogen-bond acceptors (Lipinski definition) is 7. The van der Waals surface area contributed by atoms with Crippen LogP contribution in [0.2, 0.25) is 0 Å². The lowest BCUT2D eigenvalue weighted by Gasteiger charge is -2.14. The van der Waals surface area contributed by atoms with Crippen LogP contribution in [0.4, 0.5) is 0 Å². The van der Waals surface area contributed by atoms with Gasteiger partial charge in [-0.3, -0.25) is 9.59 Å². The molecule has 1 saturated carbocycles. The maximum atomic E-state index is 12.2. The van der Waals surface area contributed by atoms with Crippen molar-refractivity contribution in [3.05, 3.63) is 45.7 Å². The summed E-state index contributed by atoms with van der Waals surface area (Å²) in [5.41, 5.74) is 9.59. The van der Waals surface area contributed by atoms with Crippen molar-refractivity contribution in [2.75, 3.05) is 0 Å². The standard InChI is InChI=1S/C20H18N4O3S2/c1-9-14(7-6-13(23-9)19(26)24-11-3-4-11)27-20-15-12(17(28-20)18(21)25)5-2-10-8-22-29-16(10)15/h6-8,11H,2-5H2,1H3,(H2,21,25)(H,24,26). The molecular weight excluding hydrogens is 408 g/mol. The van der Waals surface area contributed by atoms with E-state index in [9.17, 15) is 9.59 Å². The van der Waals surface area contributed by atoms with E-state index in [-0.39, 0.29) is 11.9 Å². The maximum absolute atomic E-state index is 12.2. The van der Waals surface area contributed by atoms with Gasteiger partial charge in [0.1, 0.15) is 11.4 Å². The van der Waals surface area contributed by atoms with Crippen LogP contribution < -0.4 is 15.8 Å². The molecule has 2 aliphatic carbocycles. The average molecular weight is 427 g/mol. The van der Waals surface area contributed by atoms with Crippen molar-refractivity contribution in [1.29, 1.82) is 0 Å². The number of nitrogens with one attached hydrogen (secondary N) is 1. The molecule has 1 fully saturated rings. The average Bonchev–Trinajstić information content (AvgIpc) is 3.24. The summed E-state index contributed by atoms with van der Waals surface area (Å²) in [5, 5.41) is 3.54. The Morgan fingerprint density at radius 2 is 2.10 bits per heavy atom. The summed E-state index contributed by atoms with van der Waals surface area (Å²) in [7, 11) is 0. The molecule has 7 nitrogen and oxygen atoms in total. The zero-order valence-electron chi connectivity index (χ0n) is 15.7. The van der Waals surface area contributed by atoms with Gasteiger partial charge in [-0.2, -0.15) is 0 Å². The van der Waals surface area contributed by atoms with Crippen LogP contribution in [0.25, 0.3) is 10.4 Å². The number of thiophene rings is 1. The highest BCUT2D eigenvalue weighted by molar-refractivity contribution is 7.17. The van der Waals surface area contributed by atoms with E-state index >= 15 is 0 Å². The fraction of sp³-hybridized carbons (Fsp3) is 0.300. The molecule has 0 aliphatic heterocycles. The molecule has 3 aromatic heterocycles. The lowest BCUT2D eigenvalue weighted by Crippen LogP contribution is -2.26. The van der Waals surface area contributed by atoms with E-state index in [0.29, 0.717) is 27.1 Å². The summed E-state index contributed by atoms with van der Waals surface area (Å²) >= 11 is 2.65. The van der Waals surface area contributed by atoms with E-state index in [1.807, 2.05) is 6.20 Å². The summed E-state index contributed by atoms with van der Waals surface area (Å²) < 4.78 is 10.5. The number of ether oxygens (including phenoxy) is 1. The van der Waals surface area contributed by atoms with Crippen LogP contribution in [0.5, 0.6) is 10.8 Å². The molecule has 9 heteroatoms. The van der Waals surface area contributed by atoms with Gasteiger partial charge in [-0.05, 0) is 67.4 Å². The van der Waals surface area contributed by atoms with Crippen LogP contribution >= 0.6 is 22.9 Å². The van der Waals surface area contributed by atoms with Gasteiger partial charge >= 0.3 is 0 Å². The Morgan fingerprint density at radius 3 is 2.83 bits per heavy atom. The molecule has 0 aromatic carbocycles. The number of primary amides is 1. The maximum Gasteiger partial charge on any atom is 0.270 e. The number of pyridine rings is 1. The summed E-state index contributed by atoms with van der Waals surface area (Å²) in [6.45, 7) is 1.80. The normalized spacial score (nSPS) is 14.8. The largest absolute Gasteiger partial charge is 0.444 e. The van der Waals surface area contributed by atoms with E-state index in [2.05, 4.69) is 14.7 Å². The number of nitrogens with zero attached hydrogens (tertiary/aromatic N) is 2. The Balaban J connectivity index is 1.50. The van der Waals surface area contributed by atoms with Crippen molar-refractivity contribution in [2.24, 2.45) is 5.73 Å². The number of amides is 2. The highest BCUT2D eigenvalue weighted by Gasteiger charge is 2.30. The van der Waals surface area contributed by atoms with Crippen molar-refractivity contribution >= 4 is 34.7 Å². The second-order valence-electron chi connectivity index (χ2n) is 7.25. The molecule has 0 unspecified atom stereocenters. The Hall–Kier alpha value is -2.78. The molecule has 2 aliphatic rings. The van der Waals surface area contributed by atoms with Crippen molar-refractivity contribution in [3.63, 3.8) is 0 Å². The minimum Gasteiger partial charge on any atom is -0.444 e. The predicted molar refractivity (Wildman–Crippen MR) is 111 cm³/mol. The minimum absolute atomic E-state index is 0.166. The summed E-state index contributed by atoms with van der Waals surface area (Å²) in [6, 6.07) is 3.68. The molecule has 0 bridgehead atoms. The third-order valence-electron chi connectivity index (χ3n) is 5.10. The number of carbonyl (C=O) groups is 2. The quantitative estimate of drug-likeness (QED) is 0.650. The van der Waals surface area contributed by atoms with Crippen LogP contribution in [0, 0.1) is 6.92 Å². The third kappa shape index (κ3) is 3.30. The Kier molecular flexibility index (Phi) is 4.36. The summed E-state index contributed by atoms with van der Waals surface area (Å²) in [5.74, 6) is -0.0679. The molecule has 0 saturated heterocycles. The Bertz CT molecular complexity index is 1150. The topological polar surface area (TPSA) is 107 Å². The Morgan fingerprint density at radius 1 is 1.28 bits per heavy atom.